The number of primary amides is 1. The van der Waals surface area contributed by atoms with Crippen LogP contribution in [0.3, 0.4) is 0 Å². The quantitative estimate of drug-likeness (QED) is 0.513. The van der Waals surface area contributed by atoms with Crippen LogP contribution in [0.25, 0.3) is 0 Å². The van der Waals surface area contributed by atoms with Gasteiger partial charge in [-0.1, -0.05) is 0 Å². The number of rotatable bonds is 2. The number of ether oxygens (including phenoxy) is 1. The second kappa shape index (κ2) is 2.98. The first kappa shape index (κ1) is 7.50. The van der Waals surface area contributed by atoms with Gasteiger partial charge in [0, 0.05) is 6.54 Å². The Morgan fingerprint density at radius 1 is 1.70 bits per heavy atom. The van der Waals surface area contributed by atoms with Crippen LogP contribution in [0.4, 0.5) is 0 Å². The predicted octanol–water partition coefficient (Wildman–Crippen LogP) is -1.16. The summed E-state index contributed by atoms with van der Waals surface area (Å²) >= 11 is 0. The molecule has 4 heteroatoms. The topological polar surface area (TPSA) is 78.3 Å². The lowest BCUT2D eigenvalue weighted by atomic mass is 10.1. The third-order valence-corrected chi connectivity index (χ3v) is 1.75. The van der Waals surface area contributed by atoms with Gasteiger partial charge >= 0.3 is 0 Å². The molecule has 1 rings (SSSR count). The molecule has 0 aromatic heterocycles. The maximum atomic E-state index is 10.6. The Hall–Kier alpha value is -0.610. The van der Waals surface area contributed by atoms with Crippen LogP contribution in [0.15, 0.2) is 0 Å². The van der Waals surface area contributed by atoms with E-state index in [4.69, 9.17) is 16.2 Å². The van der Waals surface area contributed by atoms with Gasteiger partial charge in [-0.3, -0.25) is 4.79 Å². The number of hydrogen-bond acceptors (Lipinski definition) is 3. The van der Waals surface area contributed by atoms with Gasteiger partial charge in [0.1, 0.15) is 0 Å². The third kappa shape index (κ3) is 1.46. The molecule has 4 N–H and O–H groups in total. The van der Waals surface area contributed by atoms with Crippen molar-refractivity contribution in [2.45, 2.75) is 12.5 Å². The zero-order chi connectivity index (χ0) is 7.56. The normalized spacial score (nSPS) is 32.5. The van der Waals surface area contributed by atoms with Gasteiger partial charge in [0.2, 0.25) is 5.91 Å². The maximum Gasteiger partial charge on any atom is 0.222 e. The van der Waals surface area contributed by atoms with Crippen LogP contribution in [0.2, 0.25) is 0 Å². The van der Waals surface area contributed by atoms with E-state index in [9.17, 15) is 4.79 Å². The maximum absolute atomic E-state index is 10.6. The lowest BCUT2D eigenvalue weighted by Gasteiger charge is -2.02. The van der Waals surface area contributed by atoms with Crippen molar-refractivity contribution in [3.63, 3.8) is 0 Å². The highest BCUT2D eigenvalue weighted by Gasteiger charge is 2.27. The van der Waals surface area contributed by atoms with E-state index in [1.807, 2.05) is 0 Å². The van der Waals surface area contributed by atoms with Crippen molar-refractivity contribution in [2.75, 3.05) is 13.2 Å². The van der Waals surface area contributed by atoms with Crippen LogP contribution in [-0.2, 0) is 9.53 Å². The summed E-state index contributed by atoms with van der Waals surface area (Å²) in [5.41, 5.74) is 10.4. The number of hydrogen-bond donors (Lipinski definition) is 2. The molecule has 2 atom stereocenters. The van der Waals surface area contributed by atoms with Gasteiger partial charge < -0.3 is 16.2 Å². The first-order valence-electron chi connectivity index (χ1n) is 3.35. The second-order valence-corrected chi connectivity index (χ2v) is 2.53. The number of carbonyl (C=O) groups is 1. The van der Waals surface area contributed by atoms with Crippen molar-refractivity contribution >= 4 is 5.91 Å². The minimum atomic E-state index is -0.282. The fourth-order valence-corrected chi connectivity index (χ4v) is 1.07. The van der Waals surface area contributed by atoms with Crippen LogP contribution in [0, 0.1) is 5.92 Å². The molecule has 0 bridgehead atoms. The summed E-state index contributed by atoms with van der Waals surface area (Å²) < 4.78 is 5.15. The van der Waals surface area contributed by atoms with Crippen molar-refractivity contribution in [3.05, 3.63) is 0 Å². The van der Waals surface area contributed by atoms with Gasteiger partial charge in [-0.2, -0.15) is 0 Å². The molecule has 1 heterocycles. The molecular formula is C6H12N2O2. The molecule has 1 saturated heterocycles. The largest absolute Gasteiger partial charge is 0.376 e. The van der Waals surface area contributed by atoms with Gasteiger partial charge in [0.05, 0.1) is 18.6 Å². The van der Waals surface area contributed by atoms with E-state index in [1.165, 1.54) is 0 Å². The minimum absolute atomic E-state index is 0.0394. The summed E-state index contributed by atoms with van der Waals surface area (Å²) in [5, 5.41) is 0. The van der Waals surface area contributed by atoms with E-state index < -0.39 is 0 Å². The fraction of sp³-hybridized carbons (Fsp3) is 0.833. The summed E-state index contributed by atoms with van der Waals surface area (Å²) in [5.74, 6) is -0.399. The molecule has 1 fully saturated rings. The van der Waals surface area contributed by atoms with Crippen molar-refractivity contribution < 1.29 is 9.53 Å². The first-order chi connectivity index (χ1) is 4.74. The summed E-state index contributed by atoms with van der Waals surface area (Å²) in [6.45, 7) is 0.918. The van der Waals surface area contributed by atoms with E-state index in [2.05, 4.69) is 0 Å². The van der Waals surface area contributed by atoms with Crippen LogP contribution >= 0.6 is 0 Å². The number of nitrogens with two attached hydrogens (primary N) is 2. The molecule has 0 unspecified atom stereocenters. The summed E-state index contributed by atoms with van der Waals surface area (Å²) in [6, 6.07) is 0. The van der Waals surface area contributed by atoms with Crippen LogP contribution < -0.4 is 11.5 Å². The van der Waals surface area contributed by atoms with E-state index in [0.29, 0.717) is 19.6 Å². The Kier molecular flexibility index (Phi) is 2.24. The third-order valence-electron chi connectivity index (χ3n) is 1.75. The molecule has 1 aliphatic heterocycles. The zero-order valence-electron chi connectivity index (χ0n) is 5.75. The van der Waals surface area contributed by atoms with E-state index in [0.717, 1.165) is 0 Å². The van der Waals surface area contributed by atoms with Gasteiger partial charge in [-0.25, -0.2) is 0 Å². The molecule has 0 aliphatic carbocycles. The van der Waals surface area contributed by atoms with E-state index in [1.54, 1.807) is 0 Å². The fourth-order valence-electron chi connectivity index (χ4n) is 1.07. The Morgan fingerprint density at radius 2 is 2.40 bits per heavy atom. The number of carbonyl (C=O) groups excluding carboxylic acids is 1. The molecule has 0 radical (unpaired) electrons. The SMILES string of the molecule is NC[C@@H]1C[C@@H](C(N)=O)CO1. The Balaban J connectivity index is 2.35. The lowest BCUT2D eigenvalue weighted by molar-refractivity contribution is -0.121. The van der Waals surface area contributed by atoms with Crippen molar-refractivity contribution in [2.24, 2.45) is 17.4 Å². The van der Waals surface area contributed by atoms with Gasteiger partial charge in [0.25, 0.3) is 0 Å². The van der Waals surface area contributed by atoms with Crippen molar-refractivity contribution in [3.8, 4) is 0 Å². The molecule has 0 aromatic carbocycles. The van der Waals surface area contributed by atoms with Crippen LogP contribution in [-0.4, -0.2) is 25.2 Å². The average Bonchev–Trinajstić information content (AvgIpc) is 2.34. The molecule has 0 saturated carbocycles. The first-order valence-corrected chi connectivity index (χ1v) is 3.35. The molecule has 0 spiro atoms. The predicted molar refractivity (Wildman–Crippen MR) is 36.1 cm³/mol. The van der Waals surface area contributed by atoms with Gasteiger partial charge in [-0.05, 0) is 6.42 Å². The van der Waals surface area contributed by atoms with Crippen LogP contribution in [0.1, 0.15) is 6.42 Å². The summed E-state index contributed by atoms with van der Waals surface area (Å²) in [4.78, 5) is 10.6. The van der Waals surface area contributed by atoms with E-state index >= 15 is 0 Å². The molecule has 10 heavy (non-hydrogen) atoms. The van der Waals surface area contributed by atoms with E-state index in [-0.39, 0.29) is 17.9 Å². The Bertz CT molecular complexity index is 138. The monoisotopic (exact) mass is 144 g/mol. The molecule has 1 aliphatic rings. The highest BCUT2D eigenvalue weighted by atomic mass is 16.5. The summed E-state index contributed by atoms with van der Waals surface area (Å²) in [7, 11) is 0. The standard InChI is InChI=1S/C6H12N2O2/c7-2-5-1-4(3-10-5)6(8)9/h4-5H,1-3,7H2,(H2,8,9)/t4-,5+/m1/s1. The zero-order valence-corrected chi connectivity index (χ0v) is 5.75. The molecule has 58 valence electrons. The molecular weight excluding hydrogens is 132 g/mol. The van der Waals surface area contributed by atoms with Crippen molar-refractivity contribution in [1.29, 1.82) is 0 Å². The molecule has 4 nitrogen and oxygen atoms in total. The second-order valence-electron chi connectivity index (χ2n) is 2.53. The van der Waals surface area contributed by atoms with Crippen LogP contribution in [0.5, 0.6) is 0 Å². The Morgan fingerprint density at radius 3 is 2.70 bits per heavy atom. The smallest absolute Gasteiger partial charge is 0.222 e. The minimum Gasteiger partial charge on any atom is -0.376 e. The van der Waals surface area contributed by atoms with Gasteiger partial charge in [-0.15, -0.1) is 0 Å². The molecule has 0 aromatic rings. The highest BCUT2D eigenvalue weighted by Crippen LogP contribution is 2.17. The average molecular weight is 144 g/mol. The lowest BCUT2D eigenvalue weighted by Crippen LogP contribution is -2.24. The highest BCUT2D eigenvalue weighted by molar-refractivity contribution is 5.77. The Labute approximate surface area is 59.5 Å². The summed E-state index contributed by atoms with van der Waals surface area (Å²) in [6.07, 6.45) is 0.726. The molecule has 1 amide bonds. The van der Waals surface area contributed by atoms with Gasteiger partial charge in [0.15, 0.2) is 0 Å². The number of amides is 1. The van der Waals surface area contributed by atoms with Crippen molar-refractivity contribution in [1.82, 2.24) is 0 Å².